The molecule has 0 aliphatic rings. The SMILES string of the molecule is C.C.N#Cc1ccc(-n2cnc3ccc(-c4cn[nH]c4)cc32)cc1.O=C(O)c1ccc(-n2cnc3ccc(-c4cn[nH]c4)cc32)cc1. The Kier molecular flexibility index (Phi) is 9.05. The lowest BCUT2D eigenvalue weighted by Gasteiger charge is -2.06. The first-order valence-electron chi connectivity index (χ1n) is 13.8. The number of nitriles is 1. The van der Waals surface area contributed by atoms with Crippen LogP contribution in [0.3, 0.4) is 0 Å². The maximum absolute atomic E-state index is 11.0. The fourth-order valence-electron chi connectivity index (χ4n) is 5.06. The number of hydrogen-bond acceptors (Lipinski definition) is 6. The molecular formula is C36H31N9O2. The molecular weight excluding hydrogens is 590 g/mol. The van der Waals surface area contributed by atoms with E-state index in [0.29, 0.717) is 5.56 Å². The highest BCUT2D eigenvalue weighted by atomic mass is 16.4. The first-order chi connectivity index (χ1) is 22.1. The molecule has 11 nitrogen and oxygen atoms in total. The van der Waals surface area contributed by atoms with E-state index in [9.17, 15) is 4.79 Å². The van der Waals surface area contributed by atoms with Crippen molar-refractivity contribution in [2.75, 3.05) is 0 Å². The minimum absolute atomic E-state index is 0. The van der Waals surface area contributed by atoms with Crippen LogP contribution in [0.2, 0.25) is 0 Å². The molecule has 0 saturated heterocycles. The van der Waals surface area contributed by atoms with Gasteiger partial charge in [-0.2, -0.15) is 15.5 Å². The lowest BCUT2D eigenvalue weighted by Crippen LogP contribution is -1.97. The first kappa shape index (κ1) is 31.6. The number of rotatable bonds is 5. The second-order valence-electron chi connectivity index (χ2n) is 10.1. The molecule has 0 saturated carbocycles. The Morgan fingerprint density at radius 3 is 1.53 bits per heavy atom. The van der Waals surface area contributed by atoms with Crippen LogP contribution in [-0.4, -0.2) is 50.6 Å². The van der Waals surface area contributed by atoms with Crippen molar-refractivity contribution in [2.24, 2.45) is 0 Å². The summed E-state index contributed by atoms with van der Waals surface area (Å²) < 4.78 is 3.95. The van der Waals surface area contributed by atoms with Crippen LogP contribution >= 0.6 is 0 Å². The molecule has 0 unspecified atom stereocenters. The Balaban J connectivity index is 0.000000177. The smallest absolute Gasteiger partial charge is 0.335 e. The summed E-state index contributed by atoms with van der Waals surface area (Å²) in [5.74, 6) is -0.936. The van der Waals surface area contributed by atoms with Gasteiger partial charge < -0.3 is 5.11 Å². The zero-order valence-corrected chi connectivity index (χ0v) is 23.5. The van der Waals surface area contributed by atoms with E-state index in [1.54, 1.807) is 61.4 Å². The van der Waals surface area contributed by atoms with Crippen LogP contribution in [-0.2, 0) is 0 Å². The number of aromatic amines is 2. The number of fused-ring (bicyclic) bond motifs is 2. The highest BCUT2D eigenvalue weighted by molar-refractivity contribution is 5.88. The zero-order valence-electron chi connectivity index (χ0n) is 23.5. The van der Waals surface area contributed by atoms with E-state index in [4.69, 9.17) is 10.4 Å². The molecule has 11 heteroatoms. The summed E-state index contributed by atoms with van der Waals surface area (Å²) in [6, 6.07) is 28.4. The van der Waals surface area contributed by atoms with Crippen molar-refractivity contribution in [3.63, 3.8) is 0 Å². The lowest BCUT2D eigenvalue weighted by atomic mass is 10.1. The molecule has 4 aromatic heterocycles. The molecule has 4 heterocycles. The van der Waals surface area contributed by atoms with Gasteiger partial charge in [0.15, 0.2) is 0 Å². The maximum Gasteiger partial charge on any atom is 0.335 e. The van der Waals surface area contributed by atoms with Gasteiger partial charge in [-0.25, -0.2) is 14.8 Å². The Hall–Kier alpha value is -6.80. The maximum atomic E-state index is 11.0. The van der Waals surface area contributed by atoms with Gasteiger partial charge in [0.25, 0.3) is 0 Å². The van der Waals surface area contributed by atoms with Gasteiger partial charge in [0, 0.05) is 34.9 Å². The second kappa shape index (κ2) is 13.5. The van der Waals surface area contributed by atoms with E-state index in [-0.39, 0.29) is 20.4 Å². The number of aromatic nitrogens is 8. The molecule has 4 aromatic carbocycles. The van der Waals surface area contributed by atoms with Gasteiger partial charge in [-0.1, -0.05) is 27.0 Å². The molecule has 0 fully saturated rings. The third-order valence-corrected chi connectivity index (χ3v) is 7.42. The van der Waals surface area contributed by atoms with Crippen molar-refractivity contribution < 1.29 is 9.90 Å². The Morgan fingerprint density at radius 2 is 1.13 bits per heavy atom. The van der Waals surface area contributed by atoms with Crippen LogP contribution in [0.15, 0.2) is 122 Å². The molecule has 8 rings (SSSR count). The number of hydrogen-bond donors (Lipinski definition) is 3. The van der Waals surface area contributed by atoms with Crippen LogP contribution in [0, 0.1) is 11.3 Å². The van der Waals surface area contributed by atoms with Crippen LogP contribution in [0.1, 0.15) is 30.8 Å². The van der Waals surface area contributed by atoms with Crippen LogP contribution < -0.4 is 0 Å². The number of carboxylic acid groups (broad SMARTS) is 1. The summed E-state index contributed by atoms with van der Waals surface area (Å²) in [5.41, 5.74) is 10.7. The topological polar surface area (TPSA) is 154 Å². The second-order valence-corrected chi connectivity index (χ2v) is 10.1. The first-order valence-corrected chi connectivity index (χ1v) is 13.8. The largest absolute Gasteiger partial charge is 0.478 e. The van der Waals surface area contributed by atoms with Crippen molar-refractivity contribution in [3.8, 4) is 39.7 Å². The third-order valence-electron chi connectivity index (χ3n) is 7.42. The summed E-state index contributed by atoms with van der Waals surface area (Å²) in [6.45, 7) is 0. The van der Waals surface area contributed by atoms with Gasteiger partial charge in [-0.15, -0.1) is 0 Å². The fraction of sp³-hybridized carbons (Fsp3) is 0.0556. The predicted octanol–water partition coefficient (Wildman–Crippen LogP) is 7.67. The van der Waals surface area contributed by atoms with Crippen LogP contribution in [0.4, 0.5) is 0 Å². The minimum Gasteiger partial charge on any atom is -0.478 e. The fourth-order valence-corrected chi connectivity index (χ4v) is 5.06. The van der Waals surface area contributed by atoms with E-state index in [1.807, 2.05) is 64.0 Å². The Labute approximate surface area is 270 Å². The van der Waals surface area contributed by atoms with E-state index < -0.39 is 5.97 Å². The minimum atomic E-state index is -0.936. The number of benzene rings is 4. The number of nitrogens with one attached hydrogen (secondary N) is 2. The average molecular weight is 622 g/mol. The number of carboxylic acids is 1. The van der Waals surface area contributed by atoms with E-state index >= 15 is 0 Å². The molecule has 47 heavy (non-hydrogen) atoms. The Bertz CT molecular complexity index is 2290. The molecule has 232 valence electrons. The molecule has 8 aromatic rings. The number of aromatic carboxylic acids is 1. The van der Waals surface area contributed by atoms with Crippen molar-refractivity contribution >= 4 is 28.0 Å². The highest BCUT2D eigenvalue weighted by Crippen LogP contribution is 2.26. The van der Waals surface area contributed by atoms with Crippen molar-refractivity contribution in [1.29, 1.82) is 5.26 Å². The quantitative estimate of drug-likeness (QED) is 0.178. The van der Waals surface area contributed by atoms with Gasteiger partial charge >= 0.3 is 5.97 Å². The monoisotopic (exact) mass is 621 g/mol. The van der Waals surface area contributed by atoms with Gasteiger partial charge in [0.05, 0.1) is 51.7 Å². The van der Waals surface area contributed by atoms with E-state index in [1.165, 1.54) is 0 Å². The van der Waals surface area contributed by atoms with Crippen LogP contribution in [0.25, 0.3) is 55.7 Å². The standard InChI is InChI=1S/C17H11N5.C17H12N4O2.2CH4/c18-8-12-1-4-15(5-2-12)22-11-19-16-6-3-13(7-17(16)22)14-9-20-21-10-14;22-17(23)11-1-4-14(5-2-11)21-10-18-15-6-3-12(7-16(15)21)13-8-19-20-9-13;;/h1-7,9-11H,(H,20,21);1-10H,(H,19,20)(H,22,23);2*1H4. The van der Waals surface area contributed by atoms with Crippen molar-refractivity contribution in [3.05, 3.63) is 133 Å². The molecule has 3 N–H and O–H groups in total. The van der Waals surface area contributed by atoms with Gasteiger partial charge in [-0.3, -0.25) is 19.3 Å². The molecule has 0 aliphatic heterocycles. The van der Waals surface area contributed by atoms with E-state index in [0.717, 1.165) is 55.7 Å². The summed E-state index contributed by atoms with van der Waals surface area (Å²) in [4.78, 5) is 19.8. The summed E-state index contributed by atoms with van der Waals surface area (Å²) in [5, 5.41) is 31.5. The zero-order chi connectivity index (χ0) is 30.8. The summed E-state index contributed by atoms with van der Waals surface area (Å²) in [6.07, 6.45) is 10.8. The molecule has 0 amide bonds. The molecule has 0 aliphatic carbocycles. The van der Waals surface area contributed by atoms with Crippen molar-refractivity contribution in [2.45, 2.75) is 14.9 Å². The normalized spacial score (nSPS) is 10.4. The summed E-state index contributed by atoms with van der Waals surface area (Å²) >= 11 is 0. The van der Waals surface area contributed by atoms with Crippen LogP contribution in [0.5, 0.6) is 0 Å². The van der Waals surface area contributed by atoms with Gasteiger partial charge in [0.2, 0.25) is 0 Å². The number of carbonyl (C=O) groups is 1. The number of nitrogens with zero attached hydrogens (tertiary/aromatic N) is 7. The summed E-state index contributed by atoms with van der Waals surface area (Å²) in [7, 11) is 0. The van der Waals surface area contributed by atoms with Gasteiger partial charge in [-0.05, 0) is 83.9 Å². The van der Waals surface area contributed by atoms with Gasteiger partial charge in [0.1, 0.15) is 12.7 Å². The highest BCUT2D eigenvalue weighted by Gasteiger charge is 2.10. The molecule has 0 bridgehead atoms. The Morgan fingerprint density at radius 1 is 0.660 bits per heavy atom. The molecule has 0 radical (unpaired) electrons. The predicted molar refractivity (Wildman–Crippen MR) is 182 cm³/mol. The van der Waals surface area contributed by atoms with E-state index in [2.05, 4.69) is 42.5 Å². The van der Waals surface area contributed by atoms with Crippen molar-refractivity contribution in [1.82, 2.24) is 39.5 Å². The lowest BCUT2D eigenvalue weighted by molar-refractivity contribution is 0.0697. The third kappa shape index (κ3) is 6.25. The molecule has 0 atom stereocenters. The number of imidazole rings is 2. The number of H-pyrrole nitrogens is 2. The average Bonchev–Trinajstić information content (AvgIpc) is 3.91. The molecule has 0 spiro atoms.